The molecule has 12 heavy (non-hydrogen) atoms. The highest BCUT2D eigenvalue weighted by atomic mass is 16.1. The highest BCUT2D eigenvalue weighted by Crippen LogP contribution is 2.09. The van der Waals surface area contributed by atoms with E-state index in [9.17, 15) is 4.79 Å². The molecule has 0 aliphatic rings. The molecule has 0 aliphatic heterocycles. The van der Waals surface area contributed by atoms with Crippen LogP contribution in [-0.2, 0) is 0 Å². The summed E-state index contributed by atoms with van der Waals surface area (Å²) in [5.41, 5.74) is 12.2. The molecular formula is C9H12N2O. The van der Waals surface area contributed by atoms with E-state index in [-0.39, 0.29) is 6.04 Å². The van der Waals surface area contributed by atoms with Crippen LogP contribution in [0.2, 0.25) is 0 Å². The number of carbonyl (C=O) groups is 1. The Labute approximate surface area is 71.4 Å². The van der Waals surface area contributed by atoms with Crippen LogP contribution in [-0.4, -0.2) is 5.91 Å². The molecule has 0 saturated heterocycles. The van der Waals surface area contributed by atoms with E-state index < -0.39 is 5.91 Å². The minimum Gasteiger partial charge on any atom is -0.366 e. The van der Waals surface area contributed by atoms with Gasteiger partial charge in [0, 0.05) is 11.6 Å². The van der Waals surface area contributed by atoms with Gasteiger partial charge >= 0.3 is 0 Å². The molecule has 0 bridgehead atoms. The highest BCUT2D eigenvalue weighted by Gasteiger charge is 2.01. The standard InChI is InChI=1S/C9H12N2O/c1-6(10)7-2-4-8(5-3-7)9(11)12/h2-6H,10H2,1H3,(H2,11,12)/t6-/m1/s1. The number of rotatable bonds is 2. The van der Waals surface area contributed by atoms with Crippen LogP contribution >= 0.6 is 0 Å². The van der Waals surface area contributed by atoms with Gasteiger partial charge in [-0.05, 0) is 24.6 Å². The van der Waals surface area contributed by atoms with Gasteiger partial charge in [-0.25, -0.2) is 0 Å². The van der Waals surface area contributed by atoms with Crippen molar-refractivity contribution in [3.05, 3.63) is 35.4 Å². The zero-order chi connectivity index (χ0) is 9.14. The van der Waals surface area contributed by atoms with Gasteiger partial charge in [0.25, 0.3) is 0 Å². The van der Waals surface area contributed by atoms with Gasteiger partial charge in [-0.3, -0.25) is 4.79 Å². The number of hydrogen-bond donors (Lipinski definition) is 2. The summed E-state index contributed by atoms with van der Waals surface area (Å²) in [6.45, 7) is 1.89. The summed E-state index contributed by atoms with van der Waals surface area (Å²) in [4.78, 5) is 10.7. The lowest BCUT2D eigenvalue weighted by molar-refractivity contribution is 0.100. The Morgan fingerprint density at radius 2 is 1.83 bits per heavy atom. The summed E-state index contributed by atoms with van der Waals surface area (Å²) in [5, 5.41) is 0. The molecule has 1 aromatic rings. The quantitative estimate of drug-likeness (QED) is 0.679. The normalized spacial score (nSPS) is 12.5. The predicted molar refractivity (Wildman–Crippen MR) is 47.6 cm³/mol. The second-order valence-electron chi connectivity index (χ2n) is 2.77. The van der Waals surface area contributed by atoms with E-state index in [1.807, 2.05) is 19.1 Å². The van der Waals surface area contributed by atoms with Crippen molar-refractivity contribution in [2.75, 3.05) is 0 Å². The molecule has 1 amide bonds. The van der Waals surface area contributed by atoms with Crippen molar-refractivity contribution in [1.82, 2.24) is 0 Å². The first-order valence-electron chi connectivity index (χ1n) is 3.76. The number of nitrogens with two attached hydrogens (primary N) is 2. The Balaban J connectivity index is 2.93. The monoisotopic (exact) mass is 164 g/mol. The predicted octanol–water partition coefficient (Wildman–Crippen LogP) is 0.805. The van der Waals surface area contributed by atoms with Crippen LogP contribution in [0.4, 0.5) is 0 Å². The molecule has 0 saturated carbocycles. The van der Waals surface area contributed by atoms with Gasteiger partial charge in [0.1, 0.15) is 0 Å². The van der Waals surface area contributed by atoms with Crippen molar-refractivity contribution < 1.29 is 4.79 Å². The maximum atomic E-state index is 10.7. The third kappa shape index (κ3) is 1.83. The molecule has 3 nitrogen and oxygen atoms in total. The molecular weight excluding hydrogens is 152 g/mol. The molecule has 64 valence electrons. The molecule has 0 spiro atoms. The van der Waals surface area contributed by atoms with E-state index in [2.05, 4.69) is 0 Å². The molecule has 1 atom stereocenters. The number of carbonyl (C=O) groups excluding carboxylic acids is 1. The molecule has 0 unspecified atom stereocenters. The Morgan fingerprint density at radius 3 is 2.17 bits per heavy atom. The number of benzene rings is 1. The molecule has 1 aromatic carbocycles. The first-order valence-corrected chi connectivity index (χ1v) is 3.76. The van der Waals surface area contributed by atoms with E-state index >= 15 is 0 Å². The highest BCUT2D eigenvalue weighted by molar-refractivity contribution is 5.92. The van der Waals surface area contributed by atoms with Crippen molar-refractivity contribution in [3.63, 3.8) is 0 Å². The van der Waals surface area contributed by atoms with E-state index in [0.717, 1.165) is 5.56 Å². The van der Waals surface area contributed by atoms with Crippen LogP contribution in [0.5, 0.6) is 0 Å². The van der Waals surface area contributed by atoms with E-state index in [4.69, 9.17) is 11.5 Å². The van der Waals surface area contributed by atoms with Gasteiger partial charge < -0.3 is 11.5 Å². The average molecular weight is 164 g/mol. The lowest BCUT2D eigenvalue weighted by Gasteiger charge is -2.04. The van der Waals surface area contributed by atoms with E-state index in [0.29, 0.717) is 5.56 Å². The van der Waals surface area contributed by atoms with Gasteiger partial charge in [-0.2, -0.15) is 0 Å². The minimum absolute atomic E-state index is 0.00748. The van der Waals surface area contributed by atoms with Crippen LogP contribution in [0, 0.1) is 0 Å². The zero-order valence-electron chi connectivity index (χ0n) is 6.95. The summed E-state index contributed by atoms with van der Waals surface area (Å²) in [6.07, 6.45) is 0. The molecule has 0 heterocycles. The van der Waals surface area contributed by atoms with Crippen LogP contribution < -0.4 is 11.5 Å². The van der Waals surface area contributed by atoms with E-state index in [1.54, 1.807) is 12.1 Å². The summed E-state index contributed by atoms with van der Waals surface area (Å²) in [6, 6.07) is 6.98. The smallest absolute Gasteiger partial charge is 0.248 e. The number of primary amides is 1. The van der Waals surface area contributed by atoms with Gasteiger partial charge in [0.15, 0.2) is 0 Å². The van der Waals surface area contributed by atoms with Gasteiger partial charge in [-0.1, -0.05) is 12.1 Å². The third-order valence-electron chi connectivity index (χ3n) is 1.72. The fourth-order valence-corrected chi connectivity index (χ4v) is 0.951. The van der Waals surface area contributed by atoms with Crippen molar-refractivity contribution in [3.8, 4) is 0 Å². The topological polar surface area (TPSA) is 69.1 Å². The maximum absolute atomic E-state index is 10.7. The SMILES string of the molecule is C[C@@H](N)c1ccc(C(N)=O)cc1. The third-order valence-corrected chi connectivity index (χ3v) is 1.72. The molecule has 0 aromatic heterocycles. The fourth-order valence-electron chi connectivity index (χ4n) is 0.951. The minimum atomic E-state index is -0.411. The number of hydrogen-bond acceptors (Lipinski definition) is 2. The van der Waals surface area contributed by atoms with Gasteiger partial charge in [0.2, 0.25) is 5.91 Å². The first-order chi connectivity index (χ1) is 5.61. The first kappa shape index (κ1) is 8.74. The zero-order valence-corrected chi connectivity index (χ0v) is 6.95. The van der Waals surface area contributed by atoms with Gasteiger partial charge in [0.05, 0.1) is 0 Å². The second-order valence-corrected chi connectivity index (χ2v) is 2.77. The Bertz CT molecular complexity index is 277. The van der Waals surface area contributed by atoms with Crippen LogP contribution in [0.1, 0.15) is 28.9 Å². The largest absolute Gasteiger partial charge is 0.366 e. The Hall–Kier alpha value is -1.35. The van der Waals surface area contributed by atoms with Gasteiger partial charge in [-0.15, -0.1) is 0 Å². The molecule has 0 aliphatic carbocycles. The van der Waals surface area contributed by atoms with Crippen LogP contribution in [0.15, 0.2) is 24.3 Å². The second kappa shape index (κ2) is 3.36. The fraction of sp³-hybridized carbons (Fsp3) is 0.222. The van der Waals surface area contributed by atoms with Crippen molar-refractivity contribution in [1.29, 1.82) is 0 Å². The molecule has 3 heteroatoms. The summed E-state index contributed by atoms with van der Waals surface area (Å²) < 4.78 is 0. The average Bonchev–Trinajstić information content (AvgIpc) is 2.04. The van der Waals surface area contributed by atoms with Crippen molar-refractivity contribution >= 4 is 5.91 Å². The molecule has 1 rings (SSSR count). The Morgan fingerprint density at radius 1 is 1.33 bits per heavy atom. The molecule has 0 radical (unpaired) electrons. The van der Waals surface area contributed by atoms with Crippen molar-refractivity contribution in [2.24, 2.45) is 11.5 Å². The van der Waals surface area contributed by atoms with Crippen molar-refractivity contribution in [2.45, 2.75) is 13.0 Å². The molecule has 4 N–H and O–H groups in total. The maximum Gasteiger partial charge on any atom is 0.248 e. The van der Waals surface area contributed by atoms with Crippen LogP contribution in [0.3, 0.4) is 0 Å². The summed E-state index contributed by atoms with van der Waals surface area (Å²) in [5.74, 6) is -0.411. The lowest BCUT2D eigenvalue weighted by Crippen LogP contribution is -2.11. The number of amides is 1. The summed E-state index contributed by atoms with van der Waals surface area (Å²) in [7, 11) is 0. The van der Waals surface area contributed by atoms with Crippen LogP contribution in [0.25, 0.3) is 0 Å². The van der Waals surface area contributed by atoms with E-state index in [1.165, 1.54) is 0 Å². The molecule has 0 fully saturated rings. The Kier molecular flexibility index (Phi) is 2.45. The summed E-state index contributed by atoms with van der Waals surface area (Å²) >= 11 is 0. The lowest BCUT2D eigenvalue weighted by atomic mass is 10.1.